The molecular formula is C26H34Cl2N2O2. The van der Waals surface area contributed by atoms with Gasteiger partial charge in [-0.2, -0.15) is 0 Å². The summed E-state index contributed by atoms with van der Waals surface area (Å²) in [5, 5.41) is 3.84. The van der Waals surface area contributed by atoms with Gasteiger partial charge in [-0.1, -0.05) is 81.2 Å². The van der Waals surface area contributed by atoms with Gasteiger partial charge in [-0.25, -0.2) is 0 Å². The maximum atomic E-state index is 13.2. The number of carbonyl (C=O) groups excluding carboxylic acids is 2. The molecule has 4 nitrogen and oxygen atoms in total. The van der Waals surface area contributed by atoms with E-state index in [1.54, 1.807) is 30.0 Å². The van der Waals surface area contributed by atoms with Gasteiger partial charge in [0.05, 0.1) is 0 Å². The maximum Gasteiger partial charge on any atom is 0.242 e. The van der Waals surface area contributed by atoms with Crippen molar-refractivity contribution < 1.29 is 9.59 Å². The SMILES string of the molecule is CCCNC(=O)C(C)N(Cc1c(Cl)cccc1Cl)C(=O)CCc1ccc(C(C)(C)C)cc1. The Bertz CT molecular complexity index is 900. The van der Waals surface area contributed by atoms with Crippen LogP contribution in [0.25, 0.3) is 0 Å². The molecule has 0 aliphatic carbocycles. The van der Waals surface area contributed by atoms with Crippen LogP contribution in [-0.2, 0) is 28.0 Å². The molecule has 32 heavy (non-hydrogen) atoms. The Labute approximate surface area is 202 Å². The Morgan fingerprint density at radius 1 is 1.03 bits per heavy atom. The van der Waals surface area contributed by atoms with Crippen molar-refractivity contribution >= 4 is 35.0 Å². The minimum Gasteiger partial charge on any atom is -0.354 e. The standard InChI is InChI=1S/C26H34Cl2N2O2/c1-6-16-29-25(32)18(2)30(17-21-22(27)8-7-9-23(21)28)24(31)15-12-19-10-13-20(14-11-19)26(3,4)5/h7-11,13-14,18H,6,12,15-17H2,1-5H3,(H,29,32). The van der Waals surface area contributed by atoms with E-state index in [2.05, 4.69) is 50.4 Å². The smallest absolute Gasteiger partial charge is 0.242 e. The summed E-state index contributed by atoms with van der Waals surface area (Å²) in [6.07, 6.45) is 1.72. The number of rotatable bonds is 9. The number of benzene rings is 2. The Morgan fingerprint density at radius 3 is 2.16 bits per heavy atom. The van der Waals surface area contributed by atoms with Gasteiger partial charge in [-0.05, 0) is 48.4 Å². The largest absolute Gasteiger partial charge is 0.354 e. The van der Waals surface area contributed by atoms with Crippen molar-refractivity contribution in [3.63, 3.8) is 0 Å². The molecule has 1 atom stereocenters. The lowest BCUT2D eigenvalue weighted by atomic mass is 9.86. The average molecular weight is 477 g/mol. The van der Waals surface area contributed by atoms with Gasteiger partial charge in [0, 0.05) is 35.1 Å². The lowest BCUT2D eigenvalue weighted by Crippen LogP contribution is -2.47. The fourth-order valence-electron chi connectivity index (χ4n) is 3.40. The minimum atomic E-state index is -0.635. The highest BCUT2D eigenvalue weighted by Gasteiger charge is 2.27. The summed E-state index contributed by atoms with van der Waals surface area (Å²) >= 11 is 12.7. The molecule has 0 fully saturated rings. The Kier molecular flexibility index (Phi) is 9.60. The summed E-state index contributed by atoms with van der Waals surface area (Å²) in [6.45, 7) is 11.0. The third kappa shape index (κ3) is 7.25. The summed E-state index contributed by atoms with van der Waals surface area (Å²) in [4.78, 5) is 27.5. The summed E-state index contributed by atoms with van der Waals surface area (Å²) in [7, 11) is 0. The van der Waals surface area contributed by atoms with E-state index in [0.29, 0.717) is 35.0 Å². The van der Waals surface area contributed by atoms with Crippen LogP contribution in [0.5, 0.6) is 0 Å². The number of amides is 2. The third-order valence-electron chi connectivity index (χ3n) is 5.55. The predicted molar refractivity (Wildman–Crippen MR) is 133 cm³/mol. The van der Waals surface area contributed by atoms with Crippen LogP contribution in [0.15, 0.2) is 42.5 Å². The molecule has 2 rings (SSSR count). The molecule has 0 aliphatic rings. The van der Waals surface area contributed by atoms with Crippen molar-refractivity contribution in [2.24, 2.45) is 0 Å². The quantitative estimate of drug-likeness (QED) is 0.470. The van der Waals surface area contributed by atoms with E-state index in [0.717, 1.165) is 12.0 Å². The van der Waals surface area contributed by atoms with Crippen LogP contribution in [0.4, 0.5) is 0 Å². The van der Waals surface area contributed by atoms with Gasteiger partial charge < -0.3 is 10.2 Å². The second-order valence-electron chi connectivity index (χ2n) is 9.14. The first-order valence-corrected chi connectivity index (χ1v) is 11.9. The zero-order valence-electron chi connectivity index (χ0n) is 19.7. The molecule has 0 aromatic heterocycles. The number of hydrogen-bond acceptors (Lipinski definition) is 2. The zero-order valence-corrected chi connectivity index (χ0v) is 21.2. The van der Waals surface area contributed by atoms with Crippen molar-refractivity contribution in [3.05, 3.63) is 69.2 Å². The highest BCUT2D eigenvalue weighted by atomic mass is 35.5. The number of nitrogens with zero attached hydrogens (tertiary/aromatic N) is 1. The number of hydrogen-bond donors (Lipinski definition) is 1. The van der Waals surface area contributed by atoms with Gasteiger partial charge in [0.1, 0.15) is 6.04 Å². The molecular weight excluding hydrogens is 443 g/mol. The summed E-state index contributed by atoms with van der Waals surface area (Å²) in [5.74, 6) is -0.294. The monoisotopic (exact) mass is 476 g/mol. The van der Waals surface area contributed by atoms with Crippen molar-refractivity contribution in [2.75, 3.05) is 6.54 Å². The van der Waals surface area contributed by atoms with Crippen LogP contribution < -0.4 is 5.32 Å². The molecule has 174 valence electrons. The highest BCUT2D eigenvalue weighted by molar-refractivity contribution is 6.36. The van der Waals surface area contributed by atoms with E-state index < -0.39 is 6.04 Å². The Morgan fingerprint density at radius 2 is 1.62 bits per heavy atom. The maximum absolute atomic E-state index is 13.2. The van der Waals surface area contributed by atoms with E-state index in [1.807, 2.05) is 6.92 Å². The summed E-state index contributed by atoms with van der Waals surface area (Å²) in [5.41, 5.74) is 3.07. The molecule has 0 bridgehead atoms. The van der Waals surface area contributed by atoms with Crippen LogP contribution in [0.2, 0.25) is 10.0 Å². The fraction of sp³-hybridized carbons (Fsp3) is 0.462. The molecule has 0 heterocycles. The molecule has 2 aromatic carbocycles. The first-order chi connectivity index (χ1) is 15.0. The molecule has 2 aromatic rings. The number of nitrogens with one attached hydrogen (secondary N) is 1. The topological polar surface area (TPSA) is 49.4 Å². The molecule has 0 radical (unpaired) electrons. The van der Waals surface area contributed by atoms with E-state index in [4.69, 9.17) is 23.2 Å². The normalized spacial score (nSPS) is 12.3. The van der Waals surface area contributed by atoms with E-state index in [9.17, 15) is 9.59 Å². The van der Waals surface area contributed by atoms with E-state index in [1.165, 1.54) is 5.56 Å². The van der Waals surface area contributed by atoms with Gasteiger partial charge in [-0.3, -0.25) is 9.59 Å². The predicted octanol–water partition coefficient (Wildman–Crippen LogP) is 6.17. The third-order valence-corrected chi connectivity index (χ3v) is 6.26. The number of halogens is 2. The summed E-state index contributed by atoms with van der Waals surface area (Å²) in [6, 6.07) is 13.0. The van der Waals surface area contributed by atoms with Crippen molar-refractivity contribution in [3.8, 4) is 0 Å². The molecule has 6 heteroatoms. The molecule has 2 amide bonds. The first kappa shape index (κ1) is 26.2. The summed E-state index contributed by atoms with van der Waals surface area (Å²) < 4.78 is 0. The van der Waals surface area contributed by atoms with Gasteiger partial charge in [-0.15, -0.1) is 0 Å². The second-order valence-corrected chi connectivity index (χ2v) is 9.95. The molecule has 0 aliphatic heterocycles. The minimum absolute atomic E-state index is 0.0840. The van der Waals surface area contributed by atoms with Crippen molar-refractivity contribution in [1.29, 1.82) is 0 Å². The van der Waals surface area contributed by atoms with Crippen LogP contribution >= 0.6 is 23.2 Å². The highest BCUT2D eigenvalue weighted by Crippen LogP contribution is 2.27. The van der Waals surface area contributed by atoms with Gasteiger partial charge in [0.25, 0.3) is 0 Å². The van der Waals surface area contributed by atoms with Crippen LogP contribution in [0.3, 0.4) is 0 Å². The van der Waals surface area contributed by atoms with Crippen molar-refractivity contribution in [2.45, 2.75) is 71.9 Å². The van der Waals surface area contributed by atoms with Gasteiger partial charge in [0.15, 0.2) is 0 Å². The molecule has 0 saturated heterocycles. The zero-order chi connectivity index (χ0) is 23.9. The molecule has 0 saturated carbocycles. The second kappa shape index (κ2) is 11.7. The lowest BCUT2D eigenvalue weighted by molar-refractivity contribution is -0.140. The van der Waals surface area contributed by atoms with E-state index >= 15 is 0 Å². The van der Waals surface area contributed by atoms with Crippen molar-refractivity contribution in [1.82, 2.24) is 10.2 Å². The Hall–Kier alpha value is -2.04. The van der Waals surface area contributed by atoms with Gasteiger partial charge in [0.2, 0.25) is 11.8 Å². The lowest BCUT2D eigenvalue weighted by Gasteiger charge is -2.29. The molecule has 1 N–H and O–H groups in total. The van der Waals surface area contributed by atoms with Gasteiger partial charge >= 0.3 is 0 Å². The molecule has 1 unspecified atom stereocenters. The first-order valence-electron chi connectivity index (χ1n) is 11.1. The Balaban J connectivity index is 2.18. The number of carbonyl (C=O) groups is 2. The fourth-order valence-corrected chi connectivity index (χ4v) is 3.92. The van der Waals surface area contributed by atoms with E-state index in [-0.39, 0.29) is 23.8 Å². The average Bonchev–Trinajstić information content (AvgIpc) is 2.75. The van der Waals surface area contributed by atoms with Crippen LogP contribution in [0, 0.1) is 0 Å². The molecule has 0 spiro atoms. The van der Waals surface area contributed by atoms with Crippen LogP contribution in [-0.4, -0.2) is 29.3 Å². The number of aryl methyl sites for hydroxylation is 1. The van der Waals surface area contributed by atoms with Crippen LogP contribution in [0.1, 0.15) is 64.2 Å².